The van der Waals surface area contributed by atoms with Gasteiger partial charge in [0.05, 0.1) is 12.6 Å². The third-order valence-electron chi connectivity index (χ3n) is 2.43. The number of hydrogen-bond acceptors (Lipinski definition) is 3. The minimum absolute atomic E-state index is 0.108. The molecule has 6 heteroatoms. The molecule has 0 saturated heterocycles. The van der Waals surface area contributed by atoms with Crippen LogP contribution in [0.4, 0.5) is 10.5 Å². The number of hydrogen-bond donors (Lipinski definition) is 4. The number of benzene rings is 1. The van der Waals surface area contributed by atoms with Gasteiger partial charge in [0.1, 0.15) is 11.6 Å². The third kappa shape index (κ3) is 3.65. The highest BCUT2D eigenvalue weighted by Crippen LogP contribution is 2.16. The van der Waals surface area contributed by atoms with E-state index in [1.165, 1.54) is 0 Å². The molecule has 1 aromatic rings. The van der Waals surface area contributed by atoms with Crippen LogP contribution in [0.1, 0.15) is 13.8 Å². The molecule has 98 valence electrons. The third-order valence-corrected chi connectivity index (χ3v) is 2.43. The molecule has 0 fully saturated rings. The van der Waals surface area contributed by atoms with Crippen LogP contribution in [0.2, 0.25) is 0 Å². The minimum Gasteiger partial charge on any atom is -0.497 e. The summed E-state index contributed by atoms with van der Waals surface area (Å²) < 4.78 is 5.05. The molecule has 0 atom stereocenters. The molecule has 0 saturated carbocycles. The van der Waals surface area contributed by atoms with Crippen molar-refractivity contribution in [1.29, 1.82) is 5.41 Å². The van der Waals surface area contributed by atoms with Crippen molar-refractivity contribution >= 4 is 17.6 Å². The Bertz CT molecular complexity index is 457. The molecule has 0 bridgehead atoms. The van der Waals surface area contributed by atoms with E-state index in [0.29, 0.717) is 11.4 Å². The minimum atomic E-state index is -0.886. The maximum atomic E-state index is 11.7. The fraction of sp³-hybridized carbons (Fsp3) is 0.333. The van der Waals surface area contributed by atoms with Crippen LogP contribution in [0, 0.1) is 5.41 Å². The van der Waals surface area contributed by atoms with Crippen LogP contribution in [-0.4, -0.2) is 24.5 Å². The van der Waals surface area contributed by atoms with Gasteiger partial charge < -0.3 is 21.1 Å². The lowest BCUT2D eigenvalue weighted by Gasteiger charge is -2.24. The Hall–Kier alpha value is -2.24. The Morgan fingerprint density at radius 3 is 2.67 bits per heavy atom. The second kappa shape index (κ2) is 5.39. The van der Waals surface area contributed by atoms with Gasteiger partial charge >= 0.3 is 6.03 Å². The van der Waals surface area contributed by atoms with Crippen LogP contribution >= 0.6 is 0 Å². The summed E-state index contributed by atoms with van der Waals surface area (Å²) in [6, 6.07) is 6.56. The number of methoxy groups -OCH3 is 1. The maximum absolute atomic E-state index is 11.7. The van der Waals surface area contributed by atoms with Crippen molar-refractivity contribution in [3.8, 4) is 5.75 Å². The zero-order valence-electron chi connectivity index (χ0n) is 10.7. The lowest BCUT2D eigenvalue weighted by molar-refractivity contribution is 0.247. The summed E-state index contributed by atoms with van der Waals surface area (Å²) in [6.07, 6.45) is 0. The Morgan fingerprint density at radius 2 is 2.11 bits per heavy atom. The van der Waals surface area contributed by atoms with Crippen LogP contribution in [-0.2, 0) is 0 Å². The van der Waals surface area contributed by atoms with Crippen LogP contribution in [0.3, 0.4) is 0 Å². The second-order valence-electron chi connectivity index (χ2n) is 4.35. The van der Waals surface area contributed by atoms with Crippen molar-refractivity contribution in [3.05, 3.63) is 24.3 Å². The highest BCUT2D eigenvalue weighted by Gasteiger charge is 2.23. The van der Waals surface area contributed by atoms with E-state index in [9.17, 15) is 4.79 Å². The largest absolute Gasteiger partial charge is 0.497 e. The second-order valence-corrected chi connectivity index (χ2v) is 4.35. The van der Waals surface area contributed by atoms with E-state index in [1.54, 1.807) is 45.2 Å². The SMILES string of the molecule is COc1cccc(NC(=O)NC(C)(C)C(=N)N)c1. The number of carbonyl (C=O) groups excluding carboxylic acids is 1. The highest BCUT2D eigenvalue weighted by atomic mass is 16.5. The molecule has 0 aliphatic rings. The first-order chi connectivity index (χ1) is 8.35. The van der Waals surface area contributed by atoms with Crippen molar-refractivity contribution in [2.45, 2.75) is 19.4 Å². The van der Waals surface area contributed by atoms with Gasteiger partial charge in [-0.2, -0.15) is 0 Å². The molecule has 0 spiro atoms. The maximum Gasteiger partial charge on any atom is 0.320 e. The molecule has 0 radical (unpaired) electrons. The van der Waals surface area contributed by atoms with Crippen molar-refractivity contribution in [1.82, 2.24) is 5.32 Å². The van der Waals surface area contributed by atoms with E-state index < -0.39 is 11.6 Å². The predicted molar refractivity (Wildman–Crippen MR) is 71.1 cm³/mol. The van der Waals surface area contributed by atoms with E-state index in [0.717, 1.165) is 0 Å². The summed E-state index contributed by atoms with van der Waals surface area (Å²) in [5.74, 6) is 0.543. The van der Waals surface area contributed by atoms with Crippen LogP contribution in [0.5, 0.6) is 5.75 Å². The fourth-order valence-corrected chi connectivity index (χ4v) is 1.21. The molecule has 18 heavy (non-hydrogen) atoms. The fourth-order valence-electron chi connectivity index (χ4n) is 1.21. The summed E-state index contributed by atoms with van der Waals surface area (Å²) in [4.78, 5) is 11.7. The molecule has 6 nitrogen and oxygen atoms in total. The molecule has 1 aromatic carbocycles. The Morgan fingerprint density at radius 1 is 1.44 bits per heavy atom. The molecule has 0 aliphatic carbocycles. The van der Waals surface area contributed by atoms with Gasteiger partial charge in [0, 0.05) is 11.8 Å². The molecule has 0 aliphatic heterocycles. The Kier molecular flexibility index (Phi) is 4.14. The van der Waals surface area contributed by atoms with E-state index in [4.69, 9.17) is 15.9 Å². The number of ether oxygens (including phenoxy) is 1. The summed E-state index contributed by atoms with van der Waals surface area (Å²) in [6.45, 7) is 3.31. The van der Waals surface area contributed by atoms with Gasteiger partial charge in [-0.1, -0.05) is 6.07 Å². The summed E-state index contributed by atoms with van der Waals surface area (Å²) in [7, 11) is 1.55. The van der Waals surface area contributed by atoms with Gasteiger partial charge in [-0.3, -0.25) is 5.41 Å². The summed E-state index contributed by atoms with van der Waals surface area (Å²) >= 11 is 0. The zero-order chi connectivity index (χ0) is 13.8. The quantitative estimate of drug-likeness (QED) is 0.481. The highest BCUT2D eigenvalue weighted by molar-refractivity contribution is 5.96. The summed E-state index contributed by atoms with van der Waals surface area (Å²) in [5, 5.41) is 12.6. The Balaban J connectivity index is 2.67. The van der Waals surface area contributed by atoms with Gasteiger partial charge in [0.25, 0.3) is 0 Å². The first-order valence-corrected chi connectivity index (χ1v) is 5.43. The average molecular weight is 250 g/mol. The van der Waals surface area contributed by atoms with Crippen molar-refractivity contribution in [2.75, 3.05) is 12.4 Å². The van der Waals surface area contributed by atoms with Crippen molar-refractivity contribution in [3.63, 3.8) is 0 Å². The van der Waals surface area contributed by atoms with E-state index in [1.807, 2.05) is 0 Å². The number of amides is 2. The smallest absolute Gasteiger partial charge is 0.320 e. The van der Waals surface area contributed by atoms with Gasteiger partial charge in [0.15, 0.2) is 0 Å². The van der Waals surface area contributed by atoms with Crippen molar-refractivity contribution < 1.29 is 9.53 Å². The normalized spacial score (nSPS) is 10.6. The van der Waals surface area contributed by atoms with Gasteiger partial charge in [0.2, 0.25) is 0 Å². The monoisotopic (exact) mass is 250 g/mol. The van der Waals surface area contributed by atoms with Crippen LogP contribution in [0.25, 0.3) is 0 Å². The molecular formula is C12H18N4O2. The first kappa shape index (κ1) is 13.8. The van der Waals surface area contributed by atoms with Gasteiger partial charge in [-0.05, 0) is 26.0 Å². The predicted octanol–water partition coefficient (Wildman–Crippen LogP) is 1.53. The Labute approximate surface area is 106 Å². The number of amidine groups is 1. The lowest BCUT2D eigenvalue weighted by Crippen LogP contribution is -2.53. The first-order valence-electron chi connectivity index (χ1n) is 5.43. The van der Waals surface area contributed by atoms with E-state index in [2.05, 4.69) is 10.6 Å². The molecule has 2 amide bonds. The number of nitrogens with two attached hydrogens (primary N) is 1. The number of urea groups is 1. The number of rotatable bonds is 4. The standard InChI is InChI=1S/C12H18N4O2/c1-12(2,10(13)14)16-11(17)15-8-5-4-6-9(7-8)18-3/h4-7H,1-3H3,(H3,13,14)(H2,15,16,17). The van der Waals surface area contributed by atoms with Gasteiger partial charge in [-0.15, -0.1) is 0 Å². The number of nitrogens with one attached hydrogen (secondary N) is 3. The topological polar surface area (TPSA) is 100 Å². The van der Waals surface area contributed by atoms with Gasteiger partial charge in [-0.25, -0.2) is 4.79 Å². The van der Waals surface area contributed by atoms with E-state index in [-0.39, 0.29) is 5.84 Å². The van der Waals surface area contributed by atoms with Crippen molar-refractivity contribution in [2.24, 2.45) is 5.73 Å². The molecule has 0 unspecified atom stereocenters. The van der Waals surface area contributed by atoms with Crippen LogP contribution < -0.4 is 21.1 Å². The number of carbonyl (C=O) groups is 1. The molecule has 0 heterocycles. The van der Waals surface area contributed by atoms with Crippen LogP contribution in [0.15, 0.2) is 24.3 Å². The lowest BCUT2D eigenvalue weighted by atomic mass is 10.1. The average Bonchev–Trinajstić information content (AvgIpc) is 2.28. The molecule has 1 rings (SSSR count). The molecule has 5 N–H and O–H groups in total. The number of anilines is 1. The molecule has 0 aromatic heterocycles. The van der Waals surface area contributed by atoms with E-state index >= 15 is 0 Å². The summed E-state index contributed by atoms with van der Waals surface area (Å²) in [5.41, 5.74) is 5.10. The zero-order valence-corrected chi connectivity index (χ0v) is 10.7. The molecular weight excluding hydrogens is 232 g/mol.